The Kier molecular flexibility index (Phi) is 6.93. The van der Waals surface area contributed by atoms with Crippen molar-refractivity contribution in [3.63, 3.8) is 0 Å². The lowest BCUT2D eigenvalue weighted by Crippen LogP contribution is -2.36. The summed E-state index contributed by atoms with van der Waals surface area (Å²) in [5, 5.41) is 6.96. The fourth-order valence-electron chi connectivity index (χ4n) is 2.80. The van der Waals surface area contributed by atoms with Gasteiger partial charge in [-0.05, 0) is 25.2 Å². The zero-order valence-corrected chi connectivity index (χ0v) is 14.2. The smallest absolute Gasteiger partial charge is 0.273 e. The summed E-state index contributed by atoms with van der Waals surface area (Å²) in [6.45, 7) is 11.3. The van der Waals surface area contributed by atoms with Crippen molar-refractivity contribution in [1.29, 1.82) is 0 Å². The van der Waals surface area contributed by atoms with Crippen molar-refractivity contribution < 1.29 is 9.32 Å². The van der Waals surface area contributed by atoms with E-state index in [9.17, 15) is 4.79 Å². The monoisotopic (exact) mass is 294 g/mol. The first kappa shape index (κ1) is 17.7. The number of unbranched alkanes of at least 4 members (excludes halogenated alkanes) is 1. The minimum atomic E-state index is -0.116. The fraction of sp³-hybridized carbons (Fsp3) is 0.765. The largest absolute Gasteiger partial charge is 0.360 e. The van der Waals surface area contributed by atoms with E-state index in [0.29, 0.717) is 12.2 Å². The van der Waals surface area contributed by atoms with Crippen LogP contribution in [0.5, 0.6) is 0 Å². The van der Waals surface area contributed by atoms with Crippen molar-refractivity contribution in [1.82, 2.24) is 10.5 Å². The molecule has 0 spiro atoms. The van der Waals surface area contributed by atoms with Crippen LogP contribution in [0.15, 0.2) is 4.52 Å². The molecule has 0 saturated carbocycles. The lowest BCUT2D eigenvalue weighted by atomic mass is 9.80. The molecule has 0 aromatic carbocycles. The Balaban J connectivity index is 2.66. The summed E-state index contributed by atoms with van der Waals surface area (Å²) in [5.41, 5.74) is 1.47. The highest BCUT2D eigenvalue weighted by molar-refractivity contribution is 5.93. The number of nitrogens with one attached hydrogen (secondary N) is 1. The molecule has 120 valence electrons. The first-order valence-corrected chi connectivity index (χ1v) is 8.20. The Morgan fingerprint density at radius 1 is 1.24 bits per heavy atom. The highest BCUT2D eigenvalue weighted by atomic mass is 16.5. The summed E-state index contributed by atoms with van der Waals surface area (Å²) < 4.78 is 5.20. The maximum atomic E-state index is 12.3. The average molecular weight is 294 g/mol. The molecule has 1 unspecified atom stereocenters. The normalized spacial score (nSPS) is 14.0. The molecule has 0 fully saturated rings. The van der Waals surface area contributed by atoms with E-state index < -0.39 is 0 Å². The standard InChI is InChI=1S/C17H30N2O2/c1-6-9-11-17(5,10-7-2)12-18-16(20)15-13(4)14(8-3)21-19-15/h6-12H2,1-5H3,(H,18,20). The SMILES string of the molecule is CCCCC(C)(CCC)CNC(=O)c1noc(CC)c1C. The molecule has 1 rings (SSSR count). The fourth-order valence-corrected chi connectivity index (χ4v) is 2.80. The number of carbonyl (C=O) groups is 1. The Morgan fingerprint density at radius 3 is 2.48 bits per heavy atom. The van der Waals surface area contributed by atoms with Gasteiger partial charge in [0.1, 0.15) is 5.76 Å². The molecule has 21 heavy (non-hydrogen) atoms. The molecular formula is C17H30N2O2. The van der Waals surface area contributed by atoms with E-state index in [0.717, 1.165) is 37.0 Å². The molecule has 4 nitrogen and oxygen atoms in total. The summed E-state index contributed by atoms with van der Waals surface area (Å²) in [4.78, 5) is 12.3. The van der Waals surface area contributed by atoms with Gasteiger partial charge < -0.3 is 9.84 Å². The number of hydrogen-bond acceptors (Lipinski definition) is 3. The summed E-state index contributed by atoms with van der Waals surface area (Å²) in [7, 11) is 0. The average Bonchev–Trinajstić information content (AvgIpc) is 2.84. The highest BCUT2D eigenvalue weighted by Gasteiger charge is 2.25. The van der Waals surface area contributed by atoms with Crippen LogP contribution in [-0.4, -0.2) is 17.6 Å². The van der Waals surface area contributed by atoms with Crippen molar-refractivity contribution in [2.24, 2.45) is 5.41 Å². The predicted octanol–water partition coefficient (Wildman–Crippen LogP) is 4.27. The van der Waals surface area contributed by atoms with Crippen molar-refractivity contribution in [2.75, 3.05) is 6.54 Å². The Hall–Kier alpha value is -1.32. The maximum absolute atomic E-state index is 12.3. The van der Waals surface area contributed by atoms with E-state index in [1.807, 2.05) is 13.8 Å². The second-order valence-electron chi connectivity index (χ2n) is 6.28. The van der Waals surface area contributed by atoms with Gasteiger partial charge in [0.05, 0.1) is 0 Å². The molecule has 1 N–H and O–H groups in total. The third-order valence-electron chi connectivity index (χ3n) is 4.22. The summed E-state index contributed by atoms with van der Waals surface area (Å²) >= 11 is 0. The van der Waals surface area contributed by atoms with Gasteiger partial charge in [-0.15, -0.1) is 0 Å². The minimum absolute atomic E-state index is 0.116. The van der Waals surface area contributed by atoms with Gasteiger partial charge in [-0.3, -0.25) is 4.79 Å². The second kappa shape index (κ2) is 8.20. The minimum Gasteiger partial charge on any atom is -0.360 e. The Bertz CT molecular complexity index is 454. The summed E-state index contributed by atoms with van der Waals surface area (Å²) in [5.74, 6) is 0.678. The zero-order chi connectivity index (χ0) is 15.9. The van der Waals surface area contributed by atoms with Gasteiger partial charge >= 0.3 is 0 Å². The maximum Gasteiger partial charge on any atom is 0.273 e. The first-order valence-electron chi connectivity index (χ1n) is 8.20. The van der Waals surface area contributed by atoms with Crippen molar-refractivity contribution in [3.8, 4) is 0 Å². The van der Waals surface area contributed by atoms with Gasteiger partial charge in [0.2, 0.25) is 0 Å². The predicted molar refractivity (Wildman–Crippen MR) is 85.5 cm³/mol. The number of hydrogen-bond donors (Lipinski definition) is 1. The van der Waals surface area contributed by atoms with E-state index >= 15 is 0 Å². The van der Waals surface area contributed by atoms with Gasteiger partial charge in [0.25, 0.3) is 5.91 Å². The molecule has 1 heterocycles. The van der Waals surface area contributed by atoms with Crippen LogP contribution in [0.4, 0.5) is 0 Å². The number of aromatic nitrogens is 1. The van der Waals surface area contributed by atoms with E-state index in [4.69, 9.17) is 4.52 Å². The molecule has 1 amide bonds. The third kappa shape index (κ3) is 4.87. The molecule has 0 aliphatic rings. The molecular weight excluding hydrogens is 264 g/mol. The summed E-state index contributed by atoms with van der Waals surface area (Å²) in [6, 6.07) is 0. The number of aryl methyl sites for hydroxylation is 1. The van der Waals surface area contributed by atoms with Gasteiger partial charge in [-0.25, -0.2) is 0 Å². The van der Waals surface area contributed by atoms with Crippen molar-refractivity contribution in [2.45, 2.75) is 73.1 Å². The molecule has 1 atom stereocenters. The van der Waals surface area contributed by atoms with Crippen LogP contribution >= 0.6 is 0 Å². The zero-order valence-electron chi connectivity index (χ0n) is 14.2. The lowest BCUT2D eigenvalue weighted by molar-refractivity contribution is 0.0917. The molecule has 0 saturated heterocycles. The Labute approximate surface area is 128 Å². The van der Waals surface area contributed by atoms with Crippen LogP contribution < -0.4 is 5.32 Å². The first-order chi connectivity index (χ1) is 9.97. The van der Waals surface area contributed by atoms with Crippen LogP contribution in [0, 0.1) is 12.3 Å². The lowest BCUT2D eigenvalue weighted by Gasteiger charge is -2.29. The van der Waals surface area contributed by atoms with E-state index in [1.54, 1.807) is 0 Å². The Morgan fingerprint density at radius 2 is 1.95 bits per heavy atom. The molecule has 1 aromatic rings. The third-order valence-corrected chi connectivity index (χ3v) is 4.22. The van der Waals surface area contributed by atoms with Crippen LogP contribution in [0.1, 0.15) is 81.6 Å². The van der Waals surface area contributed by atoms with Crippen LogP contribution in [-0.2, 0) is 6.42 Å². The molecule has 0 bridgehead atoms. The number of rotatable bonds is 9. The molecule has 0 aliphatic carbocycles. The molecule has 0 aliphatic heterocycles. The van der Waals surface area contributed by atoms with Crippen molar-refractivity contribution >= 4 is 5.91 Å². The summed E-state index contributed by atoms with van der Waals surface area (Å²) in [6.07, 6.45) is 6.57. The number of carbonyl (C=O) groups excluding carboxylic acids is 1. The second-order valence-corrected chi connectivity index (χ2v) is 6.28. The van der Waals surface area contributed by atoms with Gasteiger partial charge in [-0.1, -0.05) is 52.1 Å². The number of amides is 1. The quantitative estimate of drug-likeness (QED) is 0.740. The van der Waals surface area contributed by atoms with Gasteiger partial charge in [-0.2, -0.15) is 0 Å². The van der Waals surface area contributed by atoms with Gasteiger partial charge in [0, 0.05) is 18.5 Å². The van der Waals surface area contributed by atoms with E-state index in [-0.39, 0.29) is 11.3 Å². The molecule has 4 heteroatoms. The van der Waals surface area contributed by atoms with E-state index in [2.05, 4.69) is 31.2 Å². The molecule has 0 radical (unpaired) electrons. The van der Waals surface area contributed by atoms with E-state index in [1.165, 1.54) is 12.8 Å². The van der Waals surface area contributed by atoms with Crippen LogP contribution in [0.3, 0.4) is 0 Å². The van der Waals surface area contributed by atoms with Gasteiger partial charge in [0.15, 0.2) is 5.69 Å². The van der Waals surface area contributed by atoms with Crippen LogP contribution in [0.25, 0.3) is 0 Å². The highest BCUT2D eigenvalue weighted by Crippen LogP contribution is 2.29. The van der Waals surface area contributed by atoms with Crippen LogP contribution in [0.2, 0.25) is 0 Å². The van der Waals surface area contributed by atoms with Crippen molar-refractivity contribution in [3.05, 3.63) is 17.0 Å². The topological polar surface area (TPSA) is 55.1 Å². The molecule has 1 aromatic heterocycles. The number of nitrogens with zero attached hydrogens (tertiary/aromatic N) is 1.